The highest BCUT2D eigenvalue weighted by atomic mass is 16.5. The third-order valence-electron chi connectivity index (χ3n) is 2.78. The van der Waals surface area contributed by atoms with E-state index >= 15 is 0 Å². The summed E-state index contributed by atoms with van der Waals surface area (Å²) in [4.78, 5) is 0. The number of benzene rings is 2. The maximum absolute atomic E-state index is 5.66. The maximum Gasteiger partial charge on any atom is 0.119 e. The zero-order valence-electron chi connectivity index (χ0n) is 10.0. The van der Waals surface area contributed by atoms with Crippen LogP contribution in [0.4, 0.5) is 5.69 Å². The molecule has 0 saturated heterocycles. The van der Waals surface area contributed by atoms with Gasteiger partial charge in [-0.1, -0.05) is 24.3 Å². The summed E-state index contributed by atoms with van der Waals surface area (Å²) < 4.78 is 5.66. The highest BCUT2D eigenvalue weighted by molar-refractivity contribution is 5.41. The van der Waals surface area contributed by atoms with Gasteiger partial charge in [0.05, 0.1) is 6.61 Å². The summed E-state index contributed by atoms with van der Waals surface area (Å²) in [5, 5.41) is 0. The second-order valence-corrected chi connectivity index (χ2v) is 4.09. The largest absolute Gasteiger partial charge is 0.493 e. The molecule has 0 bridgehead atoms. The van der Waals surface area contributed by atoms with E-state index in [1.54, 1.807) is 0 Å². The number of hydrogen-bond acceptors (Lipinski definition) is 2. The first kappa shape index (κ1) is 11.5. The summed E-state index contributed by atoms with van der Waals surface area (Å²) in [6.45, 7) is 2.81. The topological polar surface area (TPSA) is 35.2 Å². The van der Waals surface area contributed by atoms with Crippen LogP contribution in [-0.4, -0.2) is 6.61 Å². The molecule has 0 atom stereocenters. The molecular formula is C15H17NO. The quantitative estimate of drug-likeness (QED) is 0.814. The van der Waals surface area contributed by atoms with E-state index in [4.69, 9.17) is 10.5 Å². The molecule has 0 heterocycles. The summed E-state index contributed by atoms with van der Waals surface area (Å²) >= 11 is 0. The van der Waals surface area contributed by atoms with Crippen molar-refractivity contribution in [3.63, 3.8) is 0 Å². The smallest absolute Gasteiger partial charge is 0.119 e. The molecule has 0 radical (unpaired) electrons. The Kier molecular flexibility index (Phi) is 3.66. The Morgan fingerprint density at radius 3 is 2.41 bits per heavy atom. The molecule has 17 heavy (non-hydrogen) atoms. The molecule has 0 fully saturated rings. The van der Waals surface area contributed by atoms with Gasteiger partial charge in [0.25, 0.3) is 0 Å². The molecule has 0 aliphatic carbocycles. The Balaban J connectivity index is 1.88. The molecule has 2 nitrogen and oxygen atoms in total. The van der Waals surface area contributed by atoms with Gasteiger partial charge in [0, 0.05) is 12.1 Å². The van der Waals surface area contributed by atoms with E-state index in [1.165, 1.54) is 11.1 Å². The minimum absolute atomic E-state index is 0.689. The number of aryl methyl sites for hydroxylation is 1. The summed E-state index contributed by atoms with van der Waals surface area (Å²) in [7, 11) is 0. The molecule has 0 unspecified atom stereocenters. The van der Waals surface area contributed by atoms with Gasteiger partial charge in [0.2, 0.25) is 0 Å². The van der Waals surface area contributed by atoms with Gasteiger partial charge in [-0.05, 0) is 42.3 Å². The lowest BCUT2D eigenvalue weighted by Crippen LogP contribution is -2.02. The van der Waals surface area contributed by atoms with Gasteiger partial charge in [0.1, 0.15) is 5.75 Å². The van der Waals surface area contributed by atoms with Gasteiger partial charge in [-0.2, -0.15) is 0 Å². The number of anilines is 1. The van der Waals surface area contributed by atoms with Crippen LogP contribution in [0.15, 0.2) is 48.5 Å². The molecule has 2 aromatic carbocycles. The van der Waals surface area contributed by atoms with Crippen molar-refractivity contribution in [1.29, 1.82) is 0 Å². The van der Waals surface area contributed by atoms with E-state index in [0.29, 0.717) is 6.61 Å². The molecular weight excluding hydrogens is 210 g/mol. The van der Waals surface area contributed by atoms with Gasteiger partial charge in [-0.15, -0.1) is 0 Å². The van der Waals surface area contributed by atoms with Crippen LogP contribution in [-0.2, 0) is 6.42 Å². The van der Waals surface area contributed by atoms with Crippen molar-refractivity contribution in [2.45, 2.75) is 13.3 Å². The molecule has 0 aromatic heterocycles. The molecule has 0 spiro atoms. The van der Waals surface area contributed by atoms with Crippen molar-refractivity contribution in [3.8, 4) is 5.75 Å². The normalized spacial score (nSPS) is 10.2. The first-order valence-electron chi connectivity index (χ1n) is 5.78. The number of nitrogen functional groups attached to an aromatic ring is 1. The van der Waals surface area contributed by atoms with E-state index < -0.39 is 0 Å². The lowest BCUT2D eigenvalue weighted by molar-refractivity contribution is 0.322. The highest BCUT2D eigenvalue weighted by Gasteiger charge is 1.98. The predicted molar refractivity (Wildman–Crippen MR) is 71.2 cm³/mol. The summed E-state index contributed by atoms with van der Waals surface area (Å²) in [5.74, 6) is 0.868. The summed E-state index contributed by atoms with van der Waals surface area (Å²) in [5.41, 5.74) is 9.02. The monoisotopic (exact) mass is 227 g/mol. The second-order valence-electron chi connectivity index (χ2n) is 4.09. The Hall–Kier alpha value is -1.96. The second kappa shape index (κ2) is 5.39. The molecule has 2 aromatic rings. The molecule has 2 rings (SSSR count). The molecule has 2 N–H and O–H groups in total. The zero-order valence-corrected chi connectivity index (χ0v) is 10.0. The highest BCUT2D eigenvalue weighted by Crippen LogP contribution is 2.14. The van der Waals surface area contributed by atoms with Crippen LogP contribution >= 0.6 is 0 Å². The van der Waals surface area contributed by atoms with Crippen molar-refractivity contribution in [2.75, 3.05) is 12.3 Å². The van der Waals surface area contributed by atoms with E-state index in [2.05, 4.69) is 31.2 Å². The zero-order chi connectivity index (χ0) is 12.1. The van der Waals surface area contributed by atoms with Crippen molar-refractivity contribution >= 4 is 5.69 Å². The number of hydrogen-bond donors (Lipinski definition) is 1. The van der Waals surface area contributed by atoms with Crippen LogP contribution in [0.3, 0.4) is 0 Å². The Bertz CT molecular complexity index is 477. The van der Waals surface area contributed by atoms with Crippen molar-refractivity contribution < 1.29 is 4.74 Å². The average molecular weight is 227 g/mol. The number of nitrogens with two attached hydrogens (primary N) is 1. The average Bonchev–Trinajstić information content (AvgIpc) is 2.34. The van der Waals surface area contributed by atoms with Gasteiger partial charge < -0.3 is 10.5 Å². The fourth-order valence-electron chi connectivity index (χ4n) is 1.73. The fraction of sp³-hybridized carbons (Fsp3) is 0.200. The third-order valence-corrected chi connectivity index (χ3v) is 2.78. The van der Waals surface area contributed by atoms with Gasteiger partial charge in [0.15, 0.2) is 0 Å². The standard InChI is InChI=1S/C15H17NO/c1-12-4-2-3-5-13(12)10-11-17-15-8-6-14(16)7-9-15/h2-9H,10-11,16H2,1H3. The van der Waals surface area contributed by atoms with Crippen LogP contribution < -0.4 is 10.5 Å². The van der Waals surface area contributed by atoms with Gasteiger partial charge in [-0.3, -0.25) is 0 Å². The molecule has 2 heteroatoms. The summed E-state index contributed by atoms with van der Waals surface area (Å²) in [6.07, 6.45) is 0.928. The Labute approximate surface area is 102 Å². The van der Waals surface area contributed by atoms with Crippen molar-refractivity contribution in [3.05, 3.63) is 59.7 Å². The fourth-order valence-corrected chi connectivity index (χ4v) is 1.73. The lowest BCUT2D eigenvalue weighted by Gasteiger charge is -2.08. The molecule has 0 aliphatic heterocycles. The SMILES string of the molecule is Cc1ccccc1CCOc1ccc(N)cc1. The van der Waals surface area contributed by atoms with E-state index in [0.717, 1.165) is 17.9 Å². The Morgan fingerprint density at radius 1 is 1.00 bits per heavy atom. The van der Waals surface area contributed by atoms with Crippen LogP contribution in [0.2, 0.25) is 0 Å². The Morgan fingerprint density at radius 2 is 1.71 bits per heavy atom. The van der Waals surface area contributed by atoms with Crippen molar-refractivity contribution in [1.82, 2.24) is 0 Å². The minimum atomic E-state index is 0.689. The lowest BCUT2D eigenvalue weighted by atomic mass is 10.1. The first-order valence-corrected chi connectivity index (χ1v) is 5.78. The molecule has 0 aliphatic rings. The van der Waals surface area contributed by atoms with E-state index in [9.17, 15) is 0 Å². The van der Waals surface area contributed by atoms with Crippen LogP contribution in [0.25, 0.3) is 0 Å². The maximum atomic E-state index is 5.66. The summed E-state index contributed by atoms with van der Waals surface area (Å²) in [6, 6.07) is 15.9. The van der Waals surface area contributed by atoms with Gasteiger partial charge >= 0.3 is 0 Å². The van der Waals surface area contributed by atoms with Crippen molar-refractivity contribution in [2.24, 2.45) is 0 Å². The third kappa shape index (κ3) is 3.25. The van der Waals surface area contributed by atoms with E-state index in [-0.39, 0.29) is 0 Å². The van der Waals surface area contributed by atoms with Crippen LogP contribution in [0.5, 0.6) is 5.75 Å². The number of ether oxygens (including phenoxy) is 1. The van der Waals surface area contributed by atoms with Gasteiger partial charge in [-0.25, -0.2) is 0 Å². The predicted octanol–water partition coefficient (Wildman–Crippen LogP) is 3.20. The van der Waals surface area contributed by atoms with Crippen LogP contribution in [0, 0.1) is 6.92 Å². The number of rotatable bonds is 4. The molecule has 0 saturated carbocycles. The first-order chi connectivity index (χ1) is 8.25. The van der Waals surface area contributed by atoms with E-state index in [1.807, 2.05) is 24.3 Å². The molecule has 0 amide bonds. The molecule has 88 valence electrons. The van der Waals surface area contributed by atoms with Crippen LogP contribution in [0.1, 0.15) is 11.1 Å². The minimum Gasteiger partial charge on any atom is -0.493 e.